The van der Waals surface area contributed by atoms with Gasteiger partial charge in [-0.15, -0.1) is 0 Å². The Morgan fingerprint density at radius 1 is 1.35 bits per heavy atom. The van der Waals surface area contributed by atoms with Crippen LogP contribution >= 0.6 is 11.6 Å². The second-order valence-electron chi connectivity index (χ2n) is 6.68. The fourth-order valence-electron chi connectivity index (χ4n) is 2.36. The van der Waals surface area contributed by atoms with E-state index in [-0.39, 0.29) is 10.8 Å². The monoisotopic (exact) mass is 313 g/mol. The summed E-state index contributed by atoms with van der Waals surface area (Å²) in [7, 11) is -1.05. The summed E-state index contributed by atoms with van der Waals surface area (Å²) in [6, 6.07) is 6.29. The van der Waals surface area contributed by atoms with Gasteiger partial charge in [-0.3, -0.25) is 0 Å². The number of hydrogen-bond acceptors (Lipinski definition) is 1. The van der Waals surface area contributed by atoms with Crippen LogP contribution in [-0.4, -0.2) is 8.96 Å². The van der Waals surface area contributed by atoms with Gasteiger partial charge in [-0.1, -0.05) is 30.2 Å². The molecule has 0 aromatic heterocycles. The first-order valence-electron chi connectivity index (χ1n) is 7.23. The first-order valence-corrected chi connectivity index (χ1v) is 8.76. The lowest BCUT2D eigenvalue weighted by atomic mass is 9.77. The second kappa shape index (κ2) is 6.17. The molecule has 0 aliphatic heterocycles. The van der Waals surface area contributed by atoms with Gasteiger partial charge in [-0.25, -0.2) is 8.93 Å². The summed E-state index contributed by atoms with van der Waals surface area (Å²) in [5.74, 6) is 0.585. The third-order valence-electron chi connectivity index (χ3n) is 3.95. The quantitative estimate of drug-likeness (QED) is 0.868. The maximum atomic E-state index is 12.4. The molecule has 0 heterocycles. The van der Waals surface area contributed by atoms with E-state index < -0.39 is 11.0 Å². The average molecular weight is 314 g/mol. The first kappa shape index (κ1) is 16.0. The molecule has 1 aliphatic rings. The number of hydrogen-bond donors (Lipinski definition) is 1. The summed E-state index contributed by atoms with van der Waals surface area (Å²) < 4.78 is 15.5. The Morgan fingerprint density at radius 2 is 2.00 bits per heavy atom. The fraction of sp³-hybridized carbons (Fsp3) is 0.625. The molecule has 0 amide bonds. The van der Waals surface area contributed by atoms with Crippen molar-refractivity contribution in [2.24, 2.45) is 5.92 Å². The van der Waals surface area contributed by atoms with E-state index in [1.165, 1.54) is 24.8 Å². The van der Waals surface area contributed by atoms with Crippen molar-refractivity contribution >= 4 is 22.6 Å². The molecule has 0 radical (unpaired) electrons. The average Bonchev–Trinajstić information content (AvgIpc) is 2.28. The highest BCUT2D eigenvalue weighted by Gasteiger charge is 2.32. The molecule has 0 spiro atoms. The van der Waals surface area contributed by atoms with Crippen molar-refractivity contribution in [3.05, 3.63) is 34.3 Å². The van der Waals surface area contributed by atoms with Gasteiger partial charge >= 0.3 is 0 Å². The van der Waals surface area contributed by atoms with Gasteiger partial charge in [0.2, 0.25) is 0 Å². The molecule has 1 fully saturated rings. The van der Waals surface area contributed by atoms with Crippen LogP contribution in [0.15, 0.2) is 18.2 Å². The Hall–Kier alpha value is -0.380. The summed E-state index contributed by atoms with van der Waals surface area (Å²) in [6.07, 6.45) is 3.69. The van der Waals surface area contributed by atoms with Crippen molar-refractivity contribution in [1.82, 2.24) is 4.72 Å². The molecule has 112 valence electrons. The van der Waals surface area contributed by atoms with Gasteiger partial charge in [-0.2, -0.15) is 0 Å². The van der Waals surface area contributed by atoms with E-state index in [0.717, 1.165) is 10.6 Å². The lowest BCUT2D eigenvalue weighted by Crippen LogP contribution is -2.40. The van der Waals surface area contributed by atoms with Crippen molar-refractivity contribution < 1.29 is 4.21 Å². The minimum absolute atomic E-state index is 0.166. The highest BCUT2D eigenvalue weighted by molar-refractivity contribution is 7.84. The molecule has 0 bridgehead atoms. The number of halogens is 1. The molecule has 2 rings (SSSR count). The molecule has 1 aromatic carbocycles. The zero-order valence-corrected chi connectivity index (χ0v) is 14.3. The third-order valence-corrected chi connectivity index (χ3v) is 5.96. The SMILES string of the molecule is Cc1cc([C@H](NS(=O)C(C)(C)C)C2CCC2)ccc1Cl. The van der Waals surface area contributed by atoms with Crippen LogP contribution in [0.3, 0.4) is 0 Å². The van der Waals surface area contributed by atoms with E-state index in [9.17, 15) is 4.21 Å². The van der Waals surface area contributed by atoms with Crippen LogP contribution < -0.4 is 4.72 Å². The minimum atomic E-state index is -1.05. The molecule has 1 N–H and O–H groups in total. The lowest BCUT2D eigenvalue weighted by molar-refractivity contribution is 0.252. The van der Waals surface area contributed by atoms with Crippen LogP contribution in [-0.2, 0) is 11.0 Å². The Labute approximate surface area is 129 Å². The zero-order chi connectivity index (χ0) is 14.9. The number of nitrogens with one attached hydrogen (secondary N) is 1. The standard InChI is InChI=1S/C16H24ClNOS/c1-11-10-13(8-9-14(11)17)15(12-6-5-7-12)18-20(19)16(2,3)4/h8-10,12,15,18H,5-7H2,1-4H3/t15-,20?/m1/s1. The Kier molecular flexibility index (Phi) is 4.93. The van der Waals surface area contributed by atoms with E-state index in [1.807, 2.05) is 33.8 Å². The fourth-order valence-corrected chi connectivity index (χ4v) is 3.39. The van der Waals surface area contributed by atoms with Crippen molar-refractivity contribution in [1.29, 1.82) is 0 Å². The summed E-state index contributed by atoms with van der Waals surface area (Å²) in [5, 5.41) is 0.790. The molecular weight excluding hydrogens is 290 g/mol. The van der Waals surface area contributed by atoms with E-state index in [2.05, 4.69) is 16.9 Å². The molecule has 0 saturated heterocycles. The van der Waals surface area contributed by atoms with Crippen LogP contribution in [0.2, 0.25) is 5.02 Å². The summed E-state index contributed by atoms with van der Waals surface area (Å²) >= 11 is 6.11. The highest BCUT2D eigenvalue weighted by atomic mass is 35.5. The molecular formula is C16H24ClNOS. The molecule has 4 heteroatoms. The van der Waals surface area contributed by atoms with Crippen molar-refractivity contribution in [3.8, 4) is 0 Å². The van der Waals surface area contributed by atoms with Gasteiger partial charge in [-0.05, 0) is 63.6 Å². The summed E-state index contributed by atoms with van der Waals surface area (Å²) in [6.45, 7) is 8.02. The van der Waals surface area contributed by atoms with Crippen LogP contribution in [0, 0.1) is 12.8 Å². The van der Waals surface area contributed by atoms with Crippen molar-refractivity contribution in [3.63, 3.8) is 0 Å². The summed E-state index contributed by atoms with van der Waals surface area (Å²) in [4.78, 5) is 0. The Balaban J connectivity index is 2.23. The molecule has 1 aromatic rings. The number of benzene rings is 1. The maximum Gasteiger partial charge on any atom is 0.0976 e. The number of aryl methyl sites for hydroxylation is 1. The van der Waals surface area contributed by atoms with E-state index in [4.69, 9.17) is 11.6 Å². The first-order chi connectivity index (χ1) is 9.29. The van der Waals surface area contributed by atoms with Gasteiger partial charge in [0.25, 0.3) is 0 Å². The van der Waals surface area contributed by atoms with E-state index in [1.54, 1.807) is 0 Å². The van der Waals surface area contributed by atoms with E-state index >= 15 is 0 Å². The van der Waals surface area contributed by atoms with Crippen LogP contribution in [0.4, 0.5) is 0 Å². The van der Waals surface area contributed by atoms with Gasteiger partial charge in [0.15, 0.2) is 0 Å². The van der Waals surface area contributed by atoms with Gasteiger partial charge in [0.05, 0.1) is 15.7 Å². The zero-order valence-electron chi connectivity index (χ0n) is 12.7. The van der Waals surface area contributed by atoms with Crippen LogP contribution in [0.25, 0.3) is 0 Å². The largest absolute Gasteiger partial charge is 0.242 e. The molecule has 1 unspecified atom stereocenters. The Morgan fingerprint density at radius 3 is 2.45 bits per heavy atom. The lowest BCUT2D eigenvalue weighted by Gasteiger charge is -2.36. The normalized spacial score (nSPS) is 19.4. The molecule has 1 saturated carbocycles. The van der Waals surface area contributed by atoms with Crippen LogP contribution in [0.1, 0.15) is 57.2 Å². The van der Waals surface area contributed by atoms with Crippen LogP contribution in [0.5, 0.6) is 0 Å². The topological polar surface area (TPSA) is 29.1 Å². The molecule has 2 atom stereocenters. The third kappa shape index (κ3) is 3.63. The second-order valence-corrected chi connectivity index (χ2v) is 9.08. The maximum absolute atomic E-state index is 12.4. The predicted molar refractivity (Wildman–Crippen MR) is 87.3 cm³/mol. The molecule has 20 heavy (non-hydrogen) atoms. The molecule has 2 nitrogen and oxygen atoms in total. The van der Waals surface area contributed by atoms with E-state index in [0.29, 0.717) is 5.92 Å². The predicted octanol–water partition coefficient (Wildman–Crippen LogP) is 4.54. The highest BCUT2D eigenvalue weighted by Crippen LogP contribution is 2.39. The van der Waals surface area contributed by atoms with Gasteiger partial charge in [0, 0.05) is 11.1 Å². The Bertz CT molecular complexity index is 506. The van der Waals surface area contributed by atoms with Crippen molar-refractivity contribution in [2.45, 2.75) is 57.7 Å². The minimum Gasteiger partial charge on any atom is -0.242 e. The number of rotatable bonds is 4. The van der Waals surface area contributed by atoms with Gasteiger partial charge < -0.3 is 0 Å². The smallest absolute Gasteiger partial charge is 0.0976 e. The van der Waals surface area contributed by atoms with Gasteiger partial charge in [0.1, 0.15) is 0 Å². The molecule has 1 aliphatic carbocycles. The van der Waals surface area contributed by atoms with Crippen molar-refractivity contribution in [2.75, 3.05) is 0 Å². The summed E-state index contributed by atoms with van der Waals surface area (Å²) in [5.41, 5.74) is 2.28.